The summed E-state index contributed by atoms with van der Waals surface area (Å²) in [6, 6.07) is -0.565. The average Bonchev–Trinajstić information content (AvgIpc) is 3.33. The van der Waals surface area contributed by atoms with Gasteiger partial charge < -0.3 is 20.3 Å². The zero-order valence-electron chi connectivity index (χ0n) is 44.9. The molecule has 0 aliphatic carbocycles. The molecule has 2 unspecified atom stereocenters. The molecule has 3 N–H and O–H groups in total. The first-order valence-corrected chi connectivity index (χ1v) is 29.7. The molecule has 0 heterocycles. The van der Waals surface area contributed by atoms with Crippen LogP contribution < -0.4 is 5.32 Å². The predicted molar refractivity (Wildman–Crippen MR) is 292 cm³/mol. The van der Waals surface area contributed by atoms with Crippen molar-refractivity contribution in [2.45, 2.75) is 328 Å². The molecule has 6 heteroatoms. The van der Waals surface area contributed by atoms with Gasteiger partial charge in [0.05, 0.1) is 25.4 Å². The molecule has 0 aromatic heterocycles. The number of ether oxygens (including phenoxy) is 1. The Labute approximate surface area is 417 Å². The fourth-order valence-electron chi connectivity index (χ4n) is 9.06. The Bertz CT molecular complexity index is 1090. The van der Waals surface area contributed by atoms with Gasteiger partial charge in [-0.2, -0.15) is 0 Å². The SMILES string of the molecule is CCCC/C=C\C/C=C\CCCCCCCC(=O)OCCCC/C=C\CCCCCCCC(=O)NC(CO)C(O)CCCCCCCCCCCCCCCCCCCCCCCCCCC. The molecule has 0 saturated carbocycles. The summed E-state index contributed by atoms with van der Waals surface area (Å²) in [6.07, 6.45) is 70.0. The third kappa shape index (κ3) is 53.3. The molecule has 0 rings (SSSR count). The van der Waals surface area contributed by atoms with E-state index in [1.54, 1.807) is 0 Å². The Kier molecular flexibility index (Phi) is 55.0. The van der Waals surface area contributed by atoms with E-state index in [0.717, 1.165) is 96.3 Å². The van der Waals surface area contributed by atoms with E-state index in [-0.39, 0.29) is 18.5 Å². The van der Waals surface area contributed by atoms with Gasteiger partial charge in [-0.1, -0.05) is 262 Å². The third-order valence-corrected chi connectivity index (χ3v) is 13.7. The quantitative estimate of drug-likeness (QED) is 0.0321. The van der Waals surface area contributed by atoms with Crippen LogP contribution in [0.5, 0.6) is 0 Å². The number of allylic oxidation sites excluding steroid dienone is 6. The standard InChI is InChI=1S/C61H115NO5/c1-3-5-7-9-11-13-15-17-19-20-21-22-23-24-25-26-27-28-29-30-33-37-41-45-49-53-59(64)58(57-63)62-60(65)54-50-46-42-38-34-32-36-40-44-48-52-56-67-61(66)55-51-47-43-39-35-31-18-16-14-12-10-8-6-4-2/h10,12,16,18,36,40,58-59,63-64H,3-9,11,13-15,17,19-35,37-39,41-57H2,1-2H3,(H,62,65)/b12-10-,18-16-,40-36-. The Morgan fingerprint density at radius 3 is 1.19 bits per heavy atom. The summed E-state index contributed by atoms with van der Waals surface area (Å²) in [5.74, 6) is -0.108. The number of carbonyl (C=O) groups is 2. The third-order valence-electron chi connectivity index (χ3n) is 13.7. The van der Waals surface area contributed by atoms with Crippen LogP contribution in [-0.2, 0) is 14.3 Å². The summed E-state index contributed by atoms with van der Waals surface area (Å²) in [7, 11) is 0. The Morgan fingerprint density at radius 2 is 0.761 bits per heavy atom. The Morgan fingerprint density at radius 1 is 0.418 bits per heavy atom. The zero-order chi connectivity index (χ0) is 48.6. The molecular weight excluding hydrogens is 827 g/mol. The lowest BCUT2D eigenvalue weighted by atomic mass is 10.0. The molecule has 0 saturated heterocycles. The van der Waals surface area contributed by atoms with Crippen molar-refractivity contribution in [1.29, 1.82) is 0 Å². The van der Waals surface area contributed by atoms with E-state index in [2.05, 4.69) is 55.6 Å². The molecule has 0 aliphatic rings. The highest BCUT2D eigenvalue weighted by molar-refractivity contribution is 5.76. The van der Waals surface area contributed by atoms with Crippen LogP contribution in [0.4, 0.5) is 0 Å². The Balaban J connectivity index is 3.50. The molecule has 0 spiro atoms. The maximum atomic E-state index is 12.5. The predicted octanol–water partition coefficient (Wildman–Crippen LogP) is 18.4. The molecule has 0 aromatic carbocycles. The number of amides is 1. The second-order valence-electron chi connectivity index (χ2n) is 20.3. The number of aliphatic hydroxyl groups excluding tert-OH is 2. The van der Waals surface area contributed by atoms with E-state index in [0.29, 0.717) is 25.9 Å². The second kappa shape index (κ2) is 56.7. The van der Waals surface area contributed by atoms with Gasteiger partial charge in [0, 0.05) is 12.8 Å². The zero-order valence-corrected chi connectivity index (χ0v) is 44.9. The highest BCUT2D eigenvalue weighted by Crippen LogP contribution is 2.17. The first kappa shape index (κ1) is 65.1. The number of unbranched alkanes of at least 4 members (excludes halogenated alkanes) is 38. The first-order valence-electron chi connectivity index (χ1n) is 29.7. The normalized spacial score (nSPS) is 12.8. The lowest BCUT2D eigenvalue weighted by Crippen LogP contribution is -2.45. The monoisotopic (exact) mass is 942 g/mol. The maximum absolute atomic E-state index is 12.5. The molecule has 394 valence electrons. The highest BCUT2D eigenvalue weighted by Gasteiger charge is 2.20. The summed E-state index contributed by atoms with van der Waals surface area (Å²) in [5.41, 5.74) is 0. The topological polar surface area (TPSA) is 95.9 Å². The van der Waals surface area contributed by atoms with Crippen molar-refractivity contribution in [2.75, 3.05) is 13.2 Å². The van der Waals surface area contributed by atoms with Crippen molar-refractivity contribution in [2.24, 2.45) is 0 Å². The molecule has 67 heavy (non-hydrogen) atoms. The van der Waals surface area contributed by atoms with Crippen molar-refractivity contribution in [3.63, 3.8) is 0 Å². The number of nitrogens with one attached hydrogen (secondary N) is 1. The Hall–Kier alpha value is -1.92. The van der Waals surface area contributed by atoms with Crippen LogP contribution in [0.15, 0.2) is 36.5 Å². The fourth-order valence-corrected chi connectivity index (χ4v) is 9.06. The van der Waals surface area contributed by atoms with Crippen molar-refractivity contribution < 1.29 is 24.5 Å². The van der Waals surface area contributed by atoms with Crippen molar-refractivity contribution in [1.82, 2.24) is 5.32 Å². The lowest BCUT2D eigenvalue weighted by molar-refractivity contribution is -0.143. The number of esters is 1. The average molecular weight is 943 g/mol. The molecule has 0 radical (unpaired) electrons. The van der Waals surface area contributed by atoms with Gasteiger partial charge in [-0.05, 0) is 77.0 Å². The number of carbonyl (C=O) groups excluding carboxylic acids is 2. The molecule has 0 aliphatic heterocycles. The smallest absolute Gasteiger partial charge is 0.305 e. The molecule has 2 atom stereocenters. The summed E-state index contributed by atoms with van der Waals surface area (Å²) in [4.78, 5) is 24.5. The van der Waals surface area contributed by atoms with Crippen LogP contribution in [0.2, 0.25) is 0 Å². The summed E-state index contributed by atoms with van der Waals surface area (Å²) >= 11 is 0. The van der Waals surface area contributed by atoms with Crippen LogP contribution in [0.1, 0.15) is 316 Å². The van der Waals surface area contributed by atoms with Gasteiger partial charge in [0.1, 0.15) is 0 Å². The van der Waals surface area contributed by atoms with Gasteiger partial charge in [-0.25, -0.2) is 0 Å². The molecule has 0 bridgehead atoms. The van der Waals surface area contributed by atoms with Crippen LogP contribution in [-0.4, -0.2) is 47.4 Å². The minimum atomic E-state index is -0.685. The molecule has 1 amide bonds. The van der Waals surface area contributed by atoms with Crippen LogP contribution in [0.3, 0.4) is 0 Å². The minimum absolute atomic E-state index is 0.0452. The van der Waals surface area contributed by atoms with E-state index in [1.807, 2.05) is 0 Å². The molecule has 6 nitrogen and oxygen atoms in total. The van der Waals surface area contributed by atoms with Gasteiger partial charge in [-0.3, -0.25) is 9.59 Å². The first-order chi connectivity index (χ1) is 33.0. The van der Waals surface area contributed by atoms with E-state index in [9.17, 15) is 19.8 Å². The van der Waals surface area contributed by atoms with Crippen LogP contribution in [0, 0.1) is 0 Å². The largest absolute Gasteiger partial charge is 0.466 e. The van der Waals surface area contributed by atoms with E-state index < -0.39 is 12.1 Å². The molecular formula is C61H115NO5. The summed E-state index contributed by atoms with van der Waals surface area (Å²) < 4.78 is 5.43. The van der Waals surface area contributed by atoms with Crippen molar-refractivity contribution >= 4 is 11.9 Å². The van der Waals surface area contributed by atoms with Gasteiger partial charge in [0.15, 0.2) is 0 Å². The fraction of sp³-hybridized carbons (Fsp3) is 0.869. The number of rotatable bonds is 55. The highest BCUT2D eigenvalue weighted by atomic mass is 16.5. The summed E-state index contributed by atoms with van der Waals surface area (Å²) in [6.45, 7) is 4.84. The van der Waals surface area contributed by atoms with Gasteiger partial charge in [0.2, 0.25) is 5.91 Å². The number of hydrogen-bond donors (Lipinski definition) is 3. The van der Waals surface area contributed by atoms with Gasteiger partial charge in [0.25, 0.3) is 0 Å². The maximum Gasteiger partial charge on any atom is 0.305 e. The molecule has 0 aromatic rings. The van der Waals surface area contributed by atoms with E-state index in [1.165, 1.54) is 186 Å². The van der Waals surface area contributed by atoms with Crippen molar-refractivity contribution in [3.8, 4) is 0 Å². The number of aliphatic hydroxyl groups is 2. The minimum Gasteiger partial charge on any atom is -0.466 e. The lowest BCUT2D eigenvalue weighted by Gasteiger charge is -2.22. The van der Waals surface area contributed by atoms with E-state index in [4.69, 9.17) is 4.74 Å². The van der Waals surface area contributed by atoms with Gasteiger partial charge >= 0.3 is 5.97 Å². The number of hydrogen-bond acceptors (Lipinski definition) is 5. The van der Waals surface area contributed by atoms with Crippen molar-refractivity contribution in [3.05, 3.63) is 36.5 Å². The molecule has 0 fully saturated rings. The summed E-state index contributed by atoms with van der Waals surface area (Å²) in [5, 5.41) is 23.3. The van der Waals surface area contributed by atoms with Gasteiger partial charge in [-0.15, -0.1) is 0 Å². The van der Waals surface area contributed by atoms with Crippen LogP contribution >= 0.6 is 0 Å². The second-order valence-corrected chi connectivity index (χ2v) is 20.3. The van der Waals surface area contributed by atoms with Crippen LogP contribution in [0.25, 0.3) is 0 Å². The van der Waals surface area contributed by atoms with E-state index >= 15 is 0 Å².